The van der Waals surface area contributed by atoms with Crippen molar-refractivity contribution in [1.82, 2.24) is 5.32 Å². The van der Waals surface area contributed by atoms with E-state index < -0.39 is 11.2 Å². The van der Waals surface area contributed by atoms with Gasteiger partial charge in [0.25, 0.3) is 5.91 Å². The molecule has 4 heteroatoms. The van der Waals surface area contributed by atoms with Crippen LogP contribution in [-0.4, -0.2) is 28.5 Å². The molecule has 0 heterocycles. The topological polar surface area (TPSA) is 52.2 Å². The number of hydrogen-bond donors (Lipinski definition) is 1. The first-order chi connectivity index (χ1) is 12.2. The van der Waals surface area contributed by atoms with Crippen LogP contribution in [0, 0.1) is 0 Å². The first-order valence-corrected chi connectivity index (χ1v) is 12.3. The van der Waals surface area contributed by atoms with E-state index in [2.05, 4.69) is 12.2 Å². The van der Waals surface area contributed by atoms with Crippen LogP contribution in [0.4, 0.5) is 0 Å². The Hall–Kier alpha value is -0.220. The lowest BCUT2D eigenvalue weighted by molar-refractivity contribution is -0.118. The average molecular weight is 374 g/mol. The van der Waals surface area contributed by atoms with Crippen molar-refractivity contribution in [2.24, 2.45) is 0 Å². The van der Waals surface area contributed by atoms with Gasteiger partial charge in [-0.2, -0.15) is 0 Å². The maximum absolute atomic E-state index is 11.6. The highest BCUT2D eigenvalue weighted by molar-refractivity contribution is 7.92. The van der Waals surface area contributed by atoms with Crippen LogP contribution in [0.25, 0.3) is 0 Å². The van der Waals surface area contributed by atoms with E-state index in [0.29, 0.717) is 5.75 Å². The highest BCUT2D eigenvalue weighted by Gasteiger charge is 2.11. The molecule has 0 spiro atoms. The molecular weight excluding hydrogens is 330 g/mol. The van der Waals surface area contributed by atoms with Gasteiger partial charge in [0.2, 0.25) is 0 Å². The molecule has 0 aromatic heterocycles. The van der Waals surface area contributed by atoms with Crippen LogP contribution in [-0.2, 0) is 16.0 Å². The van der Waals surface area contributed by atoms with Crippen molar-refractivity contribution in [3.05, 3.63) is 0 Å². The predicted molar refractivity (Wildman–Crippen MR) is 111 cm³/mol. The monoisotopic (exact) mass is 373 g/mol. The van der Waals surface area contributed by atoms with Crippen LogP contribution in [0.15, 0.2) is 0 Å². The van der Waals surface area contributed by atoms with Gasteiger partial charge in [-0.05, 0) is 24.0 Å². The van der Waals surface area contributed by atoms with Crippen molar-refractivity contribution in [2.75, 3.05) is 18.1 Å². The summed E-state index contributed by atoms with van der Waals surface area (Å²) in [5, 5.41) is 2.88. The van der Waals surface area contributed by atoms with Gasteiger partial charge in [0, 0.05) is 6.54 Å². The Balaban J connectivity index is 3.15. The number of carbonyl (C=O) groups is 1. The van der Waals surface area contributed by atoms with Crippen molar-refractivity contribution in [1.29, 1.82) is 0 Å². The minimum absolute atomic E-state index is 0.0542. The Labute approximate surface area is 160 Å². The van der Waals surface area contributed by atoms with Gasteiger partial charge in [-0.3, -0.25) is 4.79 Å². The van der Waals surface area contributed by atoms with E-state index >= 15 is 0 Å². The van der Waals surface area contributed by atoms with Crippen LogP contribution in [0.3, 0.4) is 0 Å². The van der Waals surface area contributed by atoms with Gasteiger partial charge in [0.15, 0.2) is 5.75 Å². The summed E-state index contributed by atoms with van der Waals surface area (Å²) in [5.41, 5.74) is 0. The first kappa shape index (κ1) is 24.8. The normalized spacial score (nSPS) is 12.3. The smallest absolute Gasteiger partial charge is 0.269 e. The van der Waals surface area contributed by atoms with Gasteiger partial charge in [-0.25, -0.2) is 0 Å². The number of unbranched alkanes of at least 4 members (excludes halogenated alkanes) is 13. The molecule has 0 aromatic carbocycles. The van der Waals surface area contributed by atoms with Gasteiger partial charge in [-0.1, -0.05) is 97.3 Å². The van der Waals surface area contributed by atoms with Crippen molar-refractivity contribution in [3.63, 3.8) is 0 Å². The number of rotatable bonds is 19. The van der Waals surface area contributed by atoms with Crippen LogP contribution in [0.5, 0.6) is 0 Å². The average Bonchev–Trinajstić information content (AvgIpc) is 2.58. The Kier molecular flexibility index (Phi) is 19.9. The Morgan fingerprint density at radius 1 is 0.720 bits per heavy atom. The third kappa shape index (κ3) is 19.9. The van der Waals surface area contributed by atoms with E-state index in [1.54, 1.807) is 0 Å². The zero-order valence-corrected chi connectivity index (χ0v) is 17.8. The van der Waals surface area contributed by atoms with Gasteiger partial charge >= 0.3 is 0 Å². The summed E-state index contributed by atoms with van der Waals surface area (Å²) in [5.74, 6) is 0.750. The first-order valence-electron chi connectivity index (χ1n) is 10.8. The molecule has 0 radical (unpaired) electrons. The maximum Gasteiger partial charge on any atom is 0.269 e. The maximum atomic E-state index is 11.6. The molecule has 1 atom stereocenters. The summed E-state index contributed by atoms with van der Waals surface area (Å²) < 4.78 is 11.5. The summed E-state index contributed by atoms with van der Waals surface area (Å²) in [7, 11) is 0. The zero-order chi connectivity index (χ0) is 18.6. The fourth-order valence-electron chi connectivity index (χ4n) is 3.04. The third-order valence-electron chi connectivity index (χ3n) is 4.58. The van der Waals surface area contributed by atoms with Crippen LogP contribution >= 0.6 is 0 Å². The molecular formula is C21H43NO2S. The molecule has 0 bridgehead atoms. The molecule has 0 aromatic rings. The molecule has 0 saturated heterocycles. The lowest BCUT2D eigenvalue weighted by Gasteiger charge is -2.10. The number of nitrogens with one attached hydrogen (secondary N) is 1. The third-order valence-corrected chi connectivity index (χ3v) is 6.02. The zero-order valence-electron chi connectivity index (χ0n) is 17.0. The van der Waals surface area contributed by atoms with E-state index in [1.165, 1.54) is 83.5 Å². The lowest BCUT2D eigenvalue weighted by atomic mass is 10.0. The quantitative estimate of drug-likeness (QED) is 0.232. The van der Waals surface area contributed by atoms with E-state index in [-0.39, 0.29) is 11.7 Å². The molecule has 1 amide bonds. The number of carbonyl (C=O) groups excluding carboxylic acids is 1. The van der Waals surface area contributed by atoms with Crippen molar-refractivity contribution < 1.29 is 9.35 Å². The fourth-order valence-corrected chi connectivity index (χ4v) is 4.04. The summed E-state index contributed by atoms with van der Waals surface area (Å²) in [4.78, 5) is 11.6. The predicted octanol–water partition coefficient (Wildman–Crippen LogP) is 5.74. The number of hydrogen-bond acceptors (Lipinski definition) is 2. The van der Waals surface area contributed by atoms with Gasteiger partial charge in [0.05, 0.1) is 0 Å². The molecule has 3 nitrogen and oxygen atoms in total. The van der Waals surface area contributed by atoms with Crippen LogP contribution < -0.4 is 5.32 Å². The van der Waals surface area contributed by atoms with E-state index in [4.69, 9.17) is 0 Å². The van der Waals surface area contributed by atoms with Crippen LogP contribution in [0.2, 0.25) is 0 Å². The number of amides is 1. The van der Waals surface area contributed by atoms with E-state index in [1.807, 2.05) is 6.92 Å². The molecule has 1 N–H and O–H groups in total. The second-order valence-electron chi connectivity index (χ2n) is 7.23. The van der Waals surface area contributed by atoms with E-state index in [0.717, 1.165) is 19.4 Å². The highest BCUT2D eigenvalue weighted by Crippen LogP contribution is 2.12. The molecule has 0 saturated carbocycles. The fraction of sp³-hybridized carbons (Fsp3) is 0.952. The van der Waals surface area contributed by atoms with Crippen molar-refractivity contribution in [3.8, 4) is 0 Å². The Morgan fingerprint density at radius 3 is 1.60 bits per heavy atom. The Morgan fingerprint density at radius 2 is 1.16 bits per heavy atom. The van der Waals surface area contributed by atoms with Crippen molar-refractivity contribution in [2.45, 2.75) is 110 Å². The van der Waals surface area contributed by atoms with E-state index in [9.17, 15) is 9.35 Å². The second kappa shape index (κ2) is 20.1. The summed E-state index contributed by atoms with van der Waals surface area (Å²) in [6.45, 7) is 5.00. The SMILES string of the molecule is CCCCCCCCCCCCCCCCNC(=O)C[S+]([O-])CCC. The molecule has 1 unspecified atom stereocenters. The molecule has 0 aliphatic carbocycles. The minimum atomic E-state index is -0.980. The minimum Gasteiger partial charge on any atom is -0.616 e. The summed E-state index contributed by atoms with van der Waals surface area (Å²) in [6, 6.07) is 0. The standard InChI is InChI=1S/C21H43NO2S/c1-3-5-6-7-8-9-10-11-12-13-14-15-16-17-18-22-21(23)20-25(24)19-4-2/h3-20H2,1-2H3,(H,22,23). The highest BCUT2D eigenvalue weighted by atomic mass is 32.2. The second-order valence-corrected chi connectivity index (χ2v) is 8.81. The summed E-state index contributed by atoms with van der Waals surface area (Å²) in [6.07, 6.45) is 19.7. The molecule has 25 heavy (non-hydrogen) atoms. The Bertz CT molecular complexity index is 287. The molecule has 0 aliphatic heterocycles. The molecule has 0 rings (SSSR count). The molecule has 0 fully saturated rings. The van der Waals surface area contributed by atoms with Crippen LogP contribution in [0.1, 0.15) is 110 Å². The van der Waals surface area contributed by atoms with Gasteiger partial charge < -0.3 is 9.87 Å². The van der Waals surface area contributed by atoms with Gasteiger partial charge in [0.1, 0.15) is 5.75 Å². The summed E-state index contributed by atoms with van der Waals surface area (Å²) >= 11 is -0.980. The lowest BCUT2D eigenvalue weighted by Crippen LogP contribution is -2.31. The molecule has 150 valence electrons. The largest absolute Gasteiger partial charge is 0.616 e. The van der Waals surface area contributed by atoms with Gasteiger partial charge in [-0.15, -0.1) is 0 Å². The molecule has 0 aliphatic rings. The van der Waals surface area contributed by atoms with Crippen molar-refractivity contribution >= 4 is 17.1 Å².